The summed E-state index contributed by atoms with van der Waals surface area (Å²) >= 11 is 0. The van der Waals surface area contributed by atoms with Gasteiger partial charge in [-0.05, 0) is 53.6 Å². The Balaban J connectivity index is 1.82. The maximum atomic E-state index is 14.0. The van der Waals surface area contributed by atoms with Gasteiger partial charge in [-0.2, -0.15) is 0 Å². The summed E-state index contributed by atoms with van der Waals surface area (Å²) in [5.41, 5.74) is 1.98. The van der Waals surface area contributed by atoms with Crippen LogP contribution in [0.25, 0.3) is 0 Å². The van der Waals surface area contributed by atoms with Gasteiger partial charge in [0, 0.05) is 18.7 Å². The summed E-state index contributed by atoms with van der Waals surface area (Å²) in [6.07, 6.45) is 3.25. The number of likely N-dealkylation sites (N-methyl/N-ethyl adjacent to an activating group) is 1. The Bertz CT molecular complexity index is 1080. The molecule has 1 N–H and O–H groups in total. The zero-order valence-electron chi connectivity index (χ0n) is 21.5. The quantitative estimate of drug-likeness (QED) is 0.656. The molecule has 1 saturated carbocycles. The minimum atomic E-state index is -0.606. The molecular weight excluding hydrogens is 444 g/mol. The topological polar surface area (TPSA) is 77.1 Å². The second-order valence-corrected chi connectivity index (χ2v) is 9.79. The van der Waals surface area contributed by atoms with Gasteiger partial charge in [-0.1, -0.05) is 38.8 Å². The smallest absolute Gasteiger partial charge is 0.254 e. The van der Waals surface area contributed by atoms with E-state index >= 15 is 0 Å². The Morgan fingerprint density at radius 2 is 1.63 bits per heavy atom. The number of ether oxygens (including phenoxy) is 3. The molecule has 2 amide bonds. The van der Waals surface area contributed by atoms with E-state index in [4.69, 9.17) is 14.2 Å². The number of methoxy groups -OCH3 is 3. The Kier molecular flexibility index (Phi) is 7.24. The molecule has 35 heavy (non-hydrogen) atoms. The third-order valence-corrected chi connectivity index (χ3v) is 7.95. The van der Waals surface area contributed by atoms with E-state index in [1.165, 1.54) is 13.5 Å². The Morgan fingerprint density at radius 1 is 0.971 bits per heavy atom. The van der Waals surface area contributed by atoms with Crippen molar-refractivity contribution in [2.24, 2.45) is 11.8 Å². The first-order chi connectivity index (χ1) is 16.8. The SMILES string of the molecule is COc1ccc([C@@H]2[C@H](C(=O)N[C@@H]3CCC[C@H](C)[C@H]3C)c3cc(OC)c(OC)cc3C(=O)N2C)cc1. The third kappa shape index (κ3) is 4.56. The van der Waals surface area contributed by atoms with E-state index in [-0.39, 0.29) is 17.9 Å². The normalized spacial score (nSPS) is 26.1. The maximum absolute atomic E-state index is 14.0. The predicted octanol–water partition coefficient (Wildman–Crippen LogP) is 4.56. The average Bonchev–Trinajstić information content (AvgIpc) is 2.87. The number of carbonyl (C=O) groups is 2. The summed E-state index contributed by atoms with van der Waals surface area (Å²) in [4.78, 5) is 29.2. The van der Waals surface area contributed by atoms with Crippen LogP contribution in [0.1, 0.15) is 66.6 Å². The van der Waals surface area contributed by atoms with Crippen LogP contribution in [-0.4, -0.2) is 51.1 Å². The summed E-state index contributed by atoms with van der Waals surface area (Å²) in [5.74, 6) is 1.77. The van der Waals surface area contributed by atoms with Crippen LogP contribution in [-0.2, 0) is 4.79 Å². The van der Waals surface area contributed by atoms with Gasteiger partial charge in [-0.25, -0.2) is 0 Å². The fourth-order valence-electron chi connectivity index (χ4n) is 5.61. The molecule has 0 spiro atoms. The fourth-order valence-corrected chi connectivity index (χ4v) is 5.61. The van der Waals surface area contributed by atoms with Crippen LogP contribution in [0.4, 0.5) is 0 Å². The third-order valence-electron chi connectivity index (χ3n) is 7.95. The van der Waals surface area contributed by atoms with Crippen molar-refractivity contribution in [2.75, 3.05) is 28.4 Å². The summed E-state index contributed by atoms with van der Waals surface area (Å²) in [6.45, 7) is 4.47. The zero-order chi connectivity index (χ0) is 25.3. The molecule has 7 nitrogen and oxygen atoms in total. The van der Waals surface area contributed by atoms with Gasteiger partial charge < -0.3 is 24.4 Å². The van der Waals surface area contributed by atoms with Crippen molar-refractivity contribution in [2.45, 2.75) is 51.1 Å². The lowest BCUT2D eigenvalue weighted by Crippen LogP contribution is -2.50. The van der Waals surface area contributed by atoms with Crippen molar-refractivity contribution in [1.82, 2.24) is 10.2 Å². The average molecular weight is 481 g/mol. The molecule has 5 atom stereocenters. The number of nitrogens with zero attached hydrogens (tertiary/aromatic N) is 1. The number of hydrogen-bond acceptors (Lipinski definition) is 5. The van der Waals surface area contributed by atoms with E-state index in [1.807, 2.05) is 24.3 Å². The predicted molar refractivity (Wildman–Crippen MR) is 134 cm³/mol. The fraction of sp³-hybridized carbons (Fsp3) is 0.500. The van der Waals surface area contributed by atoms with Crippen molar-refractivity contribution in [3.63, 3.8) is 0 Å². The highest BCUT2D eigenvalue weighted by molar-refractivity contribution is 6.02. The van der Waals surface area contributed by atoms with Gasteiger partial charge >= 0.3 is 0 Å². The zero-order valence-corrected chi connectivity index (χ0v) is 21.5. The summed E-state index contributed by atoms with van der Waals surface area (Å²) in [7, 11) is 6.46. The van der Waals surface area contributed by atoms with Crippen molar-refractivity contribution >= 4 is 11.8 Å². The first kappa shape index (κ1) is 24.9. The largest absolute Gasteiger partial charge is 0.497 e. The van der Waals surface area contributed by atoms with E-state index in [0.29, 0.717) is 34.5 Å². The van der Waals surface area contributed by atoms with Gasteiger partial charge in [0.2, 0.25) is 5.91 Å². The molecule has 1 aliphatic heterocycles. The Hall–Kier alpha value is -3.22. The lowest BCUT2D eigenvalue weighted by atomic mass is 9.76. The molecular formula is C28H36N2O5. The first-order valence-corrected chi connectivity index (χ1v) is 12.3. The molecule has 2 aliphatic rings. The van der Waals surface area contributed by atoms with Gasteiger partial charge in [-0.3, -0.25) is 9.59 Å². The molecule has 1 fully saturated rings. The maximum Gasteiger partial charge on any atom is 0.254 e. The first-order valence-electron chi connectivity index (χ1n) is 12.3. The lowest BCUT2D eigenvalue weighted by Gasteiger charge is -2.42. The van der Waals surface area contributed by atoms with Gasteiger partial charge in [-0.15, -0.1) is 0 Å². The second-order valence-electron chi connectivity index (χ2n) is 9.79. The molecule has 1 heterocycles. The minimum Gasteiger partial charge on any atom is -0.497 e. The number of nitrogens with one attached hydrogen (secondary N) is 1. The molecule has 7 heteroatoms. The van der Waals surface area contributed by atoms with E-state index in [2.05, 4.69) is 19.2 Å². The van der Waals surface area contributed by atoms with Gasteiger partial charge in [0.15, 0.2) is 11.5 Å². The molecule has 0 aromatic heterocycles. The van der Waals surface area contributed by atoms with Crippen LogP contribution in [0, 0.1) is 11.8 Å². The summed E-state index contributed by atoms with van der Waals surface area (Å²) < 4.78 is 16.3. The summed E-state index contributed by atoms with van der Waals surface area (Å²) in [6, 6.07) is 10.7. The number of rotatable bonds is 6. The molecule has 2 aromatic carbocycles. The highest BCUT2D eigenvalue weighted by Gasteiger charge is 2.44. The number of carbonyl (C=O) groups excluding carboxylic acids is 2. The Morgan fingerprint density at radius 3 is 2.26 bits per heavy atom. The minimum absolute atomic E-state index is 0.0791. The van der Waals surface area contributed by atoms with E-state index in [1.54, 1.807) is 38.3 Å². The van der Waals surface area contributed by atoms with Crippen LogP contribution in [0.3, 0.4) is 0 Å². The van der Waals surface area contributed by atoms with Crippen molar-refractivity contribution in [1.29, 1.82) is 0 Å². The molecule has 0 saturated heterocycles. The van der Waals surface area contributed by atoms with Crippen LogP contribution in [0.2, 0.25) is 0 Å². The number of hydrogen-bond donors (Lipinski definition) is 1. The van der Waals surface area contributed by atoms with Crippen LogP contribution < -0.4 is 19.5 Å². The Labute approximate surface area is 207 Å². The highest BCUT2D eigenvalue weighted by atomic mass is 16.5. The van der Waals surface area contributed by atoms with Gasteiger partial charge in [0.05, 0.1) is 33.3 Å². The van der Waals surface area contributed by atoms with Crippen LogP contribution >= 0.6 is 0 Å². The van der Waals surface area contributed by atoms with E-state index < -0.39 is 12.0 Å². The standard InChI is InChI=1S/C28H36N2O5/c1-16-8-7-9-22(17(16)2)29-27(31)25-20-14-23(34-5)24(35-6)15-21(20)28(32)30(3)26(25)18-10-12-19(33-4)13-11-18/h10-17,22,25-26H,7-9H2,1-6H3,(H,29,31)/t16-,17+,22+,25+,26+/m0/s1. The number of fused-ring (bicyclic) bond motifs is 1. The molecule has 0 unspecified atom stereocenters. The monoisotopic (exact) mass is 480 g/mol. The van der Waals surface area contributed by atoms with Gasteiger partial charge in [0.25, 0.3) is 5.91 Å². The van der Waals surface area contributed by atoms with Crippen molar-refractivity contribution in [3.8, 4) is 17.2 Å². The lowest BCUT2D eigenvalue weighted by molar-refractivity contribution is -0.125. The van der Waals surface area contributed by atoms with E-state index in [0.717, 1.165) is 24.2 Å². The molecule has 4 rings (SSSR count). The van der Waals surface area contributed by atoms with Crippen molar-refractivity contribution < 1.29 is 23.8 Å². The molecule has 188 valence electrons. The summed E-state index contributed by atoms with van der Waals surface area (Å²) in [5, 5.41) is 3.36. The van der Waals surface area contributed by atoms with Crippen LogP contribution in [0.15, 0.2) is 36.4 Å². The second kappa shape index (κ2) is 10.2. The number of benzene rings is 2. The highest BCUT2D eigenvalue weighted by Crippen LogP contribution is 2.46. The number of amides is 2. The molecule has 0 radical (unpaired) electrons. The molecule has 2 aromatic rings. The molecule has 0 bridgehead atoms. The van der Waals surface area contributed by atoms with E-state index in [9.17, 15) is 9.59 Å². The van der Waals surface area contributed by atoms with Gasteiger partial charge in [0.1, 0.15) is 5.75 Å². The van der Waals surface area contributed by atoms with Crippen LogP contribution in [0.5, 0.6) is 17.2 Å². The van der Waals surface area contributed by atoms with Crippen molar-refractivity contribution in [3.05, 3.63) is 53.1 Å². The molecule has 1 aliphatic carbocycles.